The largest absolute Gasteiger partial charge is 0.372 e. The van der Waals surface area contributed by atoms with Crippen molar-refractivity contribution in [3.63, 3.8) is 0 Å². The zero-order chi connectivity index (χ0) is 13.1. The van der Waals surface area contributed by atoms with E-state index < -0.39 is 0 Å². The Balaban J connectivity index is 2.15. The molecule has 100 valence electrons. The summed E-state index contributed by atoms with van der Waals surface area (Å²) in [6.07, 6.45) is 6.78. The molecule has 0 amide bonds. The van der Waals surface area contributed by atoms with E-state index in [2.05, 4.69) is 46.1 Å². The Kier molecular flexibility index (Phi) is 4.68. The van der Waals surface area contributed by atoms with Gasteiger partial charge in [-0.15, -0.1) is 0 Å². The van der Waals surface area contributed by atoms with Crippen LogP contribution in [0, 0.1) is 0 Å². The van der Waals surface area contributed by atoms with Gasteiger partial charge >= 0.3 is 0 Å². The average Bonchev–Trinajstić information content (AvgIpc) is 2.38. The highest BCUT2D eigenvalue weighted by atomic mass is 79.9. The Morgan fingerprint density at radius 1 is 1.28 bits per heavy atom. The molecule has 0 aliphatic heterocycles. The minimum atomic E-state index is 0.0772. The fourth-order valence-electron chi connectivity index (χ4n) is 2.78. The zero-order valence-electron chi connectivity index (χ0n) is 11.3. The molecule has 0 bridgehead atoms. The summed E-state index contributed by atoms with van der Waals surface area (Å²) in [7, 11) is 2.21. The van der Waals surface area contributed by atoms with Gasteiger partial charge in [-0.25, -0.2) is 0 Å². The molecule has 1 unspecified atom stereocenters. The van der Waals surface area contributed by atoms with Crippen molar-refractivity contribution in [2.75, 3.05) is 11.9 Å². The lowest BCUT2D eigenvalue weighted by Crippen LogP contribution is -2.33. The monoisotopic (exact) mass is 310 g/mol. The Morgan fingerprint density at radius 3 is 2.50 bits per heavy atom. The van der Waals surface area contributed by atoms with Gasteiger partial charge in [0.2, 0.25) is 0 Å². The molecule has 3 heteroatoms. The van der Waals surface area contributed by atoms with Crippen molar-refractivity contribution < 1.29 is 0 Å². The topological polar surface area (TPSA) is 29.3 Å². The number of halogens is 1. The van der Waals surface area contributed by atoms with Gasteiger partial charge < -0.3 is 10.6 Å². The number of benzene rings is 1. The predicted molar refractivity (Wildman–Crippen MR) is 82.0 cm³/mol. The van der Waals surface area contributed by atoms with E-state index >= 15 is 0 Å². The highest BCUT2D eigenvalue weighted by Gasteiger charge is 2.19. The summed E-state index contributed by atoms with van der Waals surface area (Å²) in [4.78, 5) is 2.43. The molecule has 2 rings (SSSR count). The van der Waals surface area contributed by atoms with Crippen molar-refractivity contribution >= 4 is 21.6 Å². The molecule has 1 atom stereocenters. The van der Waals surface area contributed by atoms with Gasteiger partial charge in [-0.05, 0) is 37.5 Å². The van der Waals surface area contributed by atoms with Crippen LogP contribution in [0.3, 0.4) is 0 Å². The van der Waals surface area contributed by atoms with Gasteiger partial charge in [0.25, 0.3) is 0 Å². The maximum absolute atomic E-state index is 5.94. The smallest absolute Gasteiger partial charge is 0.0377 e. The number of rotatable bonds is 3. The summed E-state index contributed by atoms with van der Waals surface area (Å²) in [6.45, 7) is 2.02. The Bertz CT molecular complexity index is 397. The lowest BCUT2D eigenvalue weighted by atomic mass is 9.94. The molecule has 18 heavy (non-hydrogen) atoms. The van der Waals surface area contributed by atoms with Gasteiger partial charge in [0.1, 0.15) is 0 Å². The minimum Gasteiger partial charge on any atom is -0.372 e. The molecular weight excluding hydrogens is 288 g/mol. The van der Waals surface area contributed by atoms with Gasteiger partial charge in [-0.3, -0.25) is 0 Å². The molecule has 1 aliphatic carbocycles. The molecule has 0 radical (unpaired) electrons. The van der Waals surface area contributed by atoms with Crippen molar-refractivity contribution in [3.8, 4) is 0 Å². The average molecular weight is 311 g/mol. The van der Waals surface area contributed by atoms with Crippen molar-refractivity contribution in [2.45, 2.75) is 51.1 Å². The van der Waals surface area contributed by atoms with E-state index in [0.29, 0.717) is 6.04 Å². The lowest BCUT2D eigenvalue weighted by molar-refractivity contribution is 0.427. The molecule has 2 N–H and O–H groups in total. The van der Waals surface area contributed by atoms with Gasteiger partial charge in [-0.1, -0.05) is 41.3 Å². The molecule has 1 saturated carbocycles. The summed E-state index contributed by atoms with van der Waals surface area (Å²) in [6, 6.07) is 7.31. The second kappa shape index (κ2) is 6.07. The van der Waals surface area contributed by atoms with Crippen LogP contribution in [0.25, 0.3) is 0 Å². The Labute approximate surface area is 119 Å². The number of nitrogens with two attached hydrogens (primary N) is 1. The van der Waals surface area contributed by atoms with Crippen LogP contribution in [0.2, 0.25) is 0 Å². The van der Waals surface area contributed by atoms with Crippen LogP contribution in [-0.2, 0) is 0 Å². The van der Waals surface area contributed by atoms with Crippen LogP contribution in [0.4, 0.5) is 5.69 Å². The van der Waals surface area contributed by atoms with Crippen LogP contribution >= 0.6 is 15.9 Å². The van der Waals surface area contributed by atoms with Crippen molar-refractivity contribution in [1.29, 1.82) is 0 Å². The summed E-state index contributed by atoms with van der Waals surface area (Å²) < 4.78 is 1.12. The third kappa shape index (κ3) is 3.07. The van der Waals surface area contributed by atoms with Gasteiger partial charge in [0.15, 0.2) is 0 Å². The fraction of sp³-hybridized carbons (Fsp3) is 0.600. The SMILES string of the molecule is CC(N)c1ccc(N(C)C2CCCCC2)cc1Br. The molecule has 0 heterocycles. The molecule has 0 aromatic heterocycles. The van der Waals surface area contributed by atoms with Crippen molar-refractivity contribution in [2.24, 2.45) is 5.73 Å². The first-order valence-corrected chi connectivity index (χ1v) is 7.66. The van der Waals surface area contributed by atoms with E-state index in [4.69, 9.17) is 5.73 Å². The molecule has 1 fully saturated rings. The molecule has 1 aliphatic rings. The summed E-state index contributed by atoms with van der Waals surface area (Å²) in [5.74, 6) is 0. The first-order valence-electron chi connectivity index (χ1n) is 6.87. The van der Waals surface area contributed by atoms with Crippen molar-refractivity contribution in [3.05, 3.63) is 28.2 Å². The quantitative estimate of drug-likeness (QED) is 0.905. The lowest BCUT2D eigenvalue weighted by Gasteiger charge is -2.33. The van der Waals surface area contributed by atoms with Gasteiger partial charge in [0, 0.05) is 29.3 Å². The number of nitrogens with zero attached hydrogens (tertiary/aromatic N) is 1. The predicted octanol–water partition coefficient (Wildman–Crippen LogP) is 4.24. The third-order valence-corrected chi connectivity index (χ3v) is 4.69. The second-order valence-corrected chi connectivity index (χ2v) is 6.25. The first kappa shape index (κ1) is 13.9. The summed E-state index contributed by atoms with van der Waals surface area (Å²) >= 11 is 3.63. The molecule has 1 aromatic rings. The Morgan fingerprint density at radius 2 is 1.94 bits per heavy atom. The first-order chi connectivity index (χ1) is 8.59. The molecular formula is C15H23BrN2. The fourth-order valence-corrected chi connectivity index (χ4v) is 3.51. The van der Waals surface area contributed by atoms with E-state index in [1.807, 2.05) is 6.92 Å². The minimum absolute atomic E-state index is 0.0772. The van der Waals surface area contributed by atoms with E-state index in [1.54, 1.807) is 0 Å². The normalized spacial score (nSPS) is 18.7. The van der Waals surface area contributed by atoms with E-state index in [0.717, 1.165) is 4.47 Å². The van der Waals surface area contributed by atoms with Crippen LogP contribution in [-0.4, -0.2) is 13.1 Å². The van der Waals surface area contributed by atoms with Crippen LogP contribution in [0.5, 0.6) is 0 Å². The van der Waals surface area contributed by atoms with Gasteiger partial charge in [-0.2, -0.15) is 0 Å². The van der Waals surface area contributed by atoms with Crippen LogP contribution < -0.4 is 10.6 Å². The highest BCUT2D eigenvalue weighted by molar-refractivity contribution is 9.10. The molecule has 0 saturated heterocycles. The molecule has 0 spiro atoms. The number of hydrogen-bond donors (Lipinski definition) is 1. The second-order valence-electron chi connectivity index (χ2n) is 5.40. The maximum Gasteiger partial charge on any atom is 0.0377 e. The number of anilines is 1. The van der Waals surface area contributed by atoms with Crippen molar-refractivity contribution in [1.82, 2.24) is 0 Å². The molecule has 1 aromatic carbocycles. The zero-order valence-corrected chi connectivity index (χ0v) is 12.9. The summed E-state index contributed by atoms with van der Waals surface area (Å²) in [5.41, 5.74) is 8.41. The number of hydrogen-bond acceptors (Lipinski definition) is 2. The van der Waals surface area contributed by atoms with E-state index in [-0.39, 0.29) is 6.04 Å². The maximum atomic E-state index is 5.94. The van der Waals surface area contributed by atoms with Gasteiger partial charge in [0.05, 0.1) is 0 Å². The highest BCUT2D eigenvalue weighted by Crippen LogP contribution is 2.30. The van der Waals surface area contributed by atoms with Crippen LogP contribution in [0.1, 0.15) is 50.6 Å². The standard InChI is InChI=1S/C15H23BrN2/c1-11(17)14-9-8-13(10-15(14)16)18(2)12-6-4-3-5-7-12/h8-12H,3-7,17H2,1-2H3. The Hall–Kier alpha value is -0.540. The van der Waals surface area contributed by atoms with Crippen LogP contribution in [0.15, 0.2) is 22.7 Å². The third-order valence-electron chi connectivity index (χ3n) is 4.00. The molecule has 2 nitrogen and oxygen atoms in total. The van der Waals surface area contributed by atoms with E-state index in [1.165, 1.54) is 43.4 Å². The summed E-state index contributed by atoms with van der Waals surface area (Å²) in [5, 5.41) is 0. The van der Waals surface area contributed by atoms with E-state index in [9.17, 15) is 0 Å².